The summed E-state index contributed by atoms with van der Waals surface area (Å²) >= 11 is 16.4. The van der Waals surface area contributed by atoms with Gasteiger partial charge in [-0.2, -0.15) is 5.10 Å². The van der Waals surface area contributed by atoms with Gasteiger partial charge in [0.1, 0.15) is 12.4 Å². The summed E-state index contributed by atoms with van der Waals surface area (Å²) in [6, 6.07) is 15.9. The molecule has 0 aliphatic heterocycles. The molecule has 32 heavy (non-hydrogen) atoms. The maximum Gasteiger partial charge on any atom is 0.349 e. The SMILES string of the molecule is O=c1[nH]c2ccccc2c(=O)n1N=Cc1cc(I)c(OCc2ccc(Cl)c(Cl)c2)c(I)c1. The second-order valence-corrected chi connectivity index (χ2v) is 9.83. The zero-order valence-corrected chi connectivity index (χ0v) is 21.9. The summed E-state index contributed by atoms with van der Waals surface area (Å²) in [5.41, 5.74) is 1.01. The first kappa shape index (κ1) is 23.3. The third kappa shape index (κ3) is 5.03. The van der Waals surface area contributed by atoms with Crippen LogP contribution in [-0.4, -0.2) is 15.9 Å². The van der Waals surface area contributed by atoms with Crippen molar-refractivity contribution in [2.45, 2.75) is 6.61 Å². The van der Waals surface area contributed by atoms with Gasteiger partial charge in [0.05, 0.1) is 34.3 Å². The van der Waals surface area contributed by atoms with E-state index in [0.717, 1.165) is 28.7 Å². The molecule has 0 amide bonds. The molecule has 0 unspecified atom stereocenters. The van der Waals surface area contributed by atoms with Crippen molar-refractivity contribution in [1.29, 1.82) is 0 Å². The Hall–Kier alpha value is -1.89. The van der Waals surface area contributed by atoms with Gasteiger partial charge < -0.3 is 9.72 Å². The van der Waals surface area contributed by atoms with Gasteiger partial charge in [0.2, 0.25) is 0 Å². The van der Waals surface area contributed by atoms with Crippen LogP contribution < -0.4 is 16.0 Å². The Bertz CT molecular complexity index is 1460. The summed E-state index contributed by atoms with van der Waals surface area (Å²) in [5, 5.41) is 5.47. The number of ether oxygens (including phenoxy) is 1. The molecule has 10 heteroatoms. The molecule has 0 radical (unpaired) electrons. The molecule has 0 atom stereocenters. The molecule has 6 nitrogen and oxygen atoms in total. The van der Waals surface area contributed by atoms with Crippen molar-refractivity contribution in [2.75, 3.05) is 0 Å². The van der Waals surface area contributed by atoms with Crippen LogP contribution >= 0.6 is 68.4 Å². The highest BCUT2D eigenvalue weighted by Gasteiger charge is 2.10. The first-order valence-electron chi connectivity index (χ1n) is 9.17. The molecule has 162 valence electrons. The average molecular weight is 692 g/mol. The van der Waals surface area contributed by atoms with Gasteiger partial charge in [-0.15, -0.1) is 4.68 Å². The Labute approximate surface area is 219 Å². The largest absolute Gasteiger partial charge is 0.487 e. The van der Waals surface area contributed by atoms with Gasteiger partial charge in [-0.1, -0.05) is 41.4 Å². The van der Waals surface area contributed by atoms with Crippen molar-refractivity contribution in [3.63, 3.8) is 0 Å². The van der Waals surface area contributed by atoms with Gasteiger partial charge in [0, 0.05) is 0 Å². The van der Waals surface area contributed by atoms with Crippen LogP contribution in [0.1, 0.15) is 11.1 Å². The third-order valence-electron chi connectivity index (χ3n) is 4.49. The lowest BCUT2D eigenvalue weighted by Crippen LogP contribution is -2.32. The minimum Gasteiger partial charge on any atom is -0.487 e. The molecular weight excluding hydrogens is 679 g/mol. The number of hydrogen-bond donors (Lipinski definition) is 1. The van der Waals surface area contributed by atoms with E-state index in [2.05, 4.69) is 55.3 Å². The molecule has 1 N–H and O–H groups in total. The van der Waals surface area contributed by atoms with Crippen molar-refractivity contribution in [1.82, 2.24) is 9.66 Å². The number of halogens is 4. The van der Waals surface area contributed by atoms with Gasteiger partial charge in [-0.05, 0) is 92.7 Å². The Kier molecular flexibility index (Phi) is 7.23. The van der Waals surface area contributed by atoms with E-state index in [1.165, 1.54) is 6.21 Å². The Morgan fingerprint density at radius 1 is 1.00 bits per heavy atom. The molecule has 1 heterocycles. The van der Waals surface area contributed by atoms with Crippen molar-refractivity contribution < 1.29 is 4.74 Å². The predicted molar refractivity (Wildman–Crippen MR) is 144 cm³/mol. The number of para-hydroxylation sites is 1. The fourth-order valence-electron chi connectivity index (χ4n) is 2.96. The number of aromatic amines is 1. The van der Waals surface area contributed by atoms with Crippen LogP contribution in [0.4, 0.5) is 0 Å². The summed E-state index contributed by atoms with van der Waals surface area (Å²) in [6.07, 6.45) is 1.47. The Morgan fingerprint density at radius 2 is 1.72 bits per heavy atom. The summed E-state index contributed by atoms with van der Waals surface area (Å²) in [7, 11) is 0. The highest BCUT2D eigenvalue weighted by atomic mass is 127. The number of aromatic nitrogens is 2. The zero-order valence-electron chi connectivity index (χ0n) is 16.1. The standard InChI is InChI=1S/C22H13Cl2I2N3O3/c23-15-6-5-12(7-16(15)24)11-32-20-17(25)8-13(9-18(20)26)10-27-29-21(30)14-3-1-2-4-19(14)28-22(29)31/h1-10H,11H2,(H,28,31). The predicted octanol–water partition coefficient (Wildman–Crippen LogP) is 5.67. The van der Waals surface area contributed by atoms with Crippen molar-refractivity contribution in [3.8, 4) is 5.75 Å². The Balaban J connectivity index is 1.59. The molecule has 4 aromatic rings. The number of nitrogens with one attached hydrogen (secondary N) is 1. The smallest absolute Gasteiger partial charge is 0.349 e. The molecule has 1 aromatic heterocycles. The van der Waals surface area contributed by atoms with E-state index in [1.807, 2.05) is 18.2 Å². The van der Waals surface area contributed by atoms with E-state index in [1.54, 1.807) is 36.4 Å². The lowest BCUT2D eigenvalue weighted by atomic mass is 10.2. The van der Waals surface area contributed by atoms with Crippen molar-refractivity contribution in [2.24, 2.45) is 5.10 Å². The van der Waals surface area contributed by atoms with Crippen LogP contribution in [0.5, 0.6) is 5.75 Å². The number of H-pyrrole nitrogens is 1. The van der Waals surface area contributed by atoms with E-state index in [4.69, 9.17) is 27.9 Å². The fourth-order valence-corrected chi connectivity index (χ4v) is 5.41. The third-order valence-corrected chi connectivity index (χ3v) is 6.84. The van der Waals surface area contributed by atoms with Crippen LogP contribution in [0.25, 0.3) is 10.9 Å². The quantitative estimate of drug-likeness (QED) is 0.217. The van der Waals surface area contributed by atoms with Crippen molar-refractivity contribution in [3.05, 3.63) is 104 Å². The number of rotatable bonds is 5. The van der Waals surface area contributed by atoms with Crippen LogP contribution in [0.2, 0.25) is 10.0 Å². The normalized spacial score (nSPS) is 11.4. The first-order valence-corrected chi connectivity index (χ1v) is 12.1. The minimum atomic E-state index is -0.601. The van der Waals surface area contributed by atoms with Crippen LogP contribution in [0.15, 0.2) is 69.3 Å². The molecule has 4 rings (SSSR count). The van der Waals surface area contributed by atoms with Crippen molar-refractivity contribution >= 4 is 85.5 Å². The van der Waals surface area contributed by atoms with E-state index in [-0.39, 0.29) is 0 Å². The summed E-state index contributed by atoms with van der Waals surface area (Å²) in [5.74, 6) is 0.718. The molecule has 0 spiro atoms. The van der Waals surface area contributed by atoms with E-state index in [9.17, 15) is 9.59 Å². The molecule has 0 aliphatic rings. The van der Waals surface area contributed by atoms with E-state index < -0.39 is 11.2 Å². The van der Waals surface area contributed by atoms with Crippen LogP contribution in [0.3, 0.4) is 0 Å². The van der Waals surface area contributed by atoms with E-state index in [0.29, 0.717) is 27.6 Å². The number of benzene rings is 3. The van der Waals surface area contributed by atoms with Gasteiger partial charge in [-0.25, -0.2) is 4.79 Å². The summed E-state index contributed by atoms with van der Waals surface area (Å²) in [4.78, 5) is 27.6. The number of nitrogens with zero attached hydrogens (tertiary/aromatic N) is 2. The minimum absolute atomic E-state index is 0.332. The van der Waals surface area contributed by atoms with Gasteiger partial charge in [0.15, 0.2) is 0 Å². The second-order valence-electron chi connectivity index (χ2n) is 6.69. The maximum absolute atomic E-state index is 12.6. The monoisotopic (exact) mass is 691 g/mol. The number of hydrogen-bond acceptors (Lipinski definition) is 4. The zero-order chi connectivity index (χ0) is 22.8. The Morgan fingerprint density at radius 3 is 2.44 bits per heavy atom. The molecule has 0 bridgehead atoms. The fraction of sp³-hybridized carbons (Fsp3) is 0.0455. The highest BCUT2D eigenvalue weighted by molar-refractivity contribution is 14.1. The van der Waals surface area contributed by atoms with Crippen LogP contribution in [-0.2, 0) is 6.61 Å². The molecule has 0 saturated carbocycles. The van der Waals surface area contributed by atoms with Gasteiger partial charge in [0.25, 0.3) is 5.56 Å². The lowest BCUT2D eigenvalue weighted by Gasteiger charge is -2.12. The highest BCUT2D eigenvalue weighted by Crippen LogP contribution is 2.30. The van der Waals surface area contributed by atoms with E-state index >= 15 is 0 Å². The topological polar surface area (TPSA) is 76.5 Å². The van der Waals surface area contributed by atoms with Gasteiger partial charge >= 0.3 is 5.69 Å². The second kappa shape index (κ2) is 9.94. The summed E-state index contributed by atoms with van der Waals surface area (Å²) < 4.78 is 8.51. The average Bonchev–Trinajstić information content (AvgIpc) is 2.75. The molecule has 3 aromatic carbocycles. The molecule has 0 fully saturated rings. The molecular formula is C22H13Cl2I2N3O3. The molecule has 0 saturated heterocycles. The number of fused-ring (bicyclic) bond motifs is 1. The molecule has 0 aliphatic carbocycles. The first-order chi connectivity index (χ1) is 15.3. The van der Waals surface area contributed by atoms with Crippen LogP contribution in [0, 0.1) is 7.14 Å². The summed E-state index contributed by atoms with van der Waals surface area (Å²) in [6.45, 7) is 0.332. The van der Waals surface area contributed by atoms with Gasteiger partial charge in [-0.3, -0.25) is 4.79 Å². The lowest BCUT2D eigenvalue weighted by molar-refractivity contribution is 0.302. The maximum atomic E-state index is 12.6.